The third-order valence-corrected chi connectivity index (χ3v) is 3.49. The molecule has 27 heavy (non-hydrogen) atoms. The van der Waals surface area contributed by atoms with E-state index in [1.807, 2.05) is 32.1 Å². The van der Waals surface area contributed by atoms with Crippen molar-refractivity contribution in [1.29, 1.82) is 0 Å². The number of carbonyl (C=O) groups is 2. The van der Waals surface area contributed by atoms with Crippen LogP contribution in [-0.4, -0.2) is 59.3 Å². The van der Waals surface area contributed by atoms with Crippen LogP contribution in [0.2, 0.25) is 0 Å². The lowest BCUT2D eigenvalue weighted by Gasteiger charge is -2.17. The molecule has 0 aromatic rings. The molecule has 0 aliphatic carbocycles. The standard InChI is InChI=1S/C19H24O8/c1-4-12(2)6-5-7-13(3)8-9-25-15(22)11-26-18-16(23)19(24)27-17(18)14(21)10-20/h4-8,14,17,20-21,23H,1,9-11H2,2-3H3/b7-5+,12-6+,13-8+. The molecular weight excluding hydrogens is 356 g/mol. The minimum Gasteiger partial charge on any atom is -0.499 e. The summed E-state index contributed by atoms with van der Waals surface area (Å²) in [5.41, 5.74) is 1.89. The molecule has 1 rings (SSSR count). The van der Waals surface area contributed by atoms with Crippen molar-refractivity contribution in [3.05, 3.63) is 59.6 Å². The van der Waals surface area contributed by atoms with E-state index >= 15 is 0 Å². The van der Waals surface area contributed by atoms with Gasteiger partial charge >= 0.3 is 11.9 Å². The molecule has 1 aliphatic heterocycles. The fourth-order valence-corrected chi connectivity index (χ4v) is 1.89. The molecule has 3 N–H and O–H groups in total. The van der Waals surface area contributed by atoms with Crippen molar-refractivity contribution in [3.63, 3.8) is 0 Å². The van der Waals surface area contributed by atoms with Gasteiger partial charge in [-0.15, -0.1) is 0 Å². The van der Waals surface area contributed by atoms with E-state index in [0.717, 1.165) is 11.1 Å². The molecule has 8 nitrogen and oxygen atoms in total. The summed E-state index contributed by atoms with van der Waals surface area (Å²) in [5, 5.41) is 28.1. The molecule has 0 radical (unpaired) electrons. The first-order valence-electron chi connectivity index (χ1n) is 8.15. The van der Waals surface area contributed by atoms with Crippen LogP contribution < -0.4 is 0 Å². The van der Waals surface area contributed by atoms with Gasteiger partial charge in [-0.1, -0.05) is 42.0 Å². The summed E-state index contributed by atoms with van der Waals surface area (Å²) in [6.45, 7) is 6.08. The Bertz CT molecular complexity index is 684. The van der Waals surface area contributed by atoms with Gasteiger partial charge in [-0.2, -0.15) is 0 Å². The number of aliphatic hydroxyl groups is 3. The Morgan fingerprint density at radius 1 is 1.37 bits per heavy atom. The van der Waals surface area contributed by atoms with Gasteiger partial charge in [-0.25, -0.2) is 9.59 Å². The third kappa shape index (κ3) is 7.12. The second-order valence-electron chi connectivity index (χ2n) is 5.68. The van der Waals surface area contributed by atoms with Crippen molar-refractivity contribution >= 4 is 11.9 Å². The Morgan fingerprint density at radius 2 is 2.07 bits per heavy atom. The highest BCUT2D eigenvalue weighted by Crippen LogP contribution is 2.24. The average Bonchev–Trinajstić information content (AvgIpc) is 2.93. The Hall–Kier alpha value is -2.84. The van der Waals surface area contributed by atoms with Gasteiger partial charge < -0.3 is 29.5 Å². The maximum absolute atomic E-state index is 11.7. The van der Waals surface area contributed by atoms with Gasteiger partial charge in [-0.05, 0) is 19.9 Å². The summed E-state index contributed by atoms with van der Waals surface area (Å²) >= 11 is 0. The first kappa shape index (κ1) is 22.2. The quantitative estimate of drug-likeness (QED) is 0.382. The van der Waals surface area contributed by atoms with Crippen LogP contribution >= 0.6 is 0 Å². The molecule has 8 heteroatoms. The molecule has 0 amide bonds. The minimum atomic E-state index is -1.49. The summed E-state index contributed by atoms with van der Waals surface area (Å²) in [4.78, 5) is 23.0. The van der Waals surface area contributed by atoms with Crippen molar-refractivity contribution in [2.75, 3.05) is 19.8 Å². The smallest absolute Gasteiger partial charge is 0.378 e. The van der Waals surface area contributed by atoms with Gasteiger partial charge in [-0.3, -0.25) is 0 Å². The minimum absolute atomic E-state index is 0.00563. The molecule has 1 heterocycles. The summed E-state index contributed by atoms with van der Waals surface area (Å²) in [6.07, 6.45) is 6.10. The van der Waals surface area contributed by atoms with Crippen LogP contribution in [0.25, 0.3) is 0 Å². The Kier molecular flexibility index (Phi) is 9.04. The molecule has 2 unspecified atom stereocenters. The highest BCUT2D eigenvalue weighted by molar-refractivity contribution is 5.89. The number of hydrogen-bond donors (Lipinski definition) is 3. The van der Waals surface area contributed by atoms with Crippen molar-refractivity contribution in [3.8, 4) is 0 Å². The Morgan fingerprint density at radius 3 is 2.70 bits per heavy atom. The molecule has 0 saturated carbocycles. The molecule has 0 spiro atoms. The van der Waals surface area contributed by atoms with Crippen molar-refractivity contribution in [2.45, 2.75) is 26.1 Å². The van der Waals surface area contributed by atoms with E-state index in [4.69, 9.17) is 14.6 Å². The number of rotatable bonds is 10. The van der Waals surface area contributed by atoms with E-state index in [1.54, 1.807) is 12.2 Å². The Balaban J connectivity index is 2.50. The maximum Gasteiger partial charge on any atom is 0.378 e. The van der Waals surface area contributed by atoms with Gasteiger partial charge in [0.2, 0.25) is 5.76 Å². The summed E-state index contributed by atoms with van der Waals surface area (Å²) in [5.74, 6) is -3.13. The number of allylic oxidation sites excluding steroid dienone is 6. The highest BCUT2D eigenvalue weighted by Gasteiger charge is 2.40. The van der Waals surface area contributed by atoms with E-state index < -0.39 is 48.9 Å². The van der Waals surface area contributed by atoms with Crippen LogP contribution in [0, 0.1) is 0 Å². The maximum atomic E-state index is 11.7. The first-order valence-corrected chi connectivity index (χ1v) is 8.15. The summed E-state index contributed by atoms with van der Waals surface area (Å²) in [7, 11) is 0. The predicted octanol–water partition coefficient (Wildman–Crippen LogP) is 1.23. The lowest BCUT2D eigenvalue weighted by molar-refractivity contribution is -0.149. The number of ether oxygens (including phenoxy) is 3. The predicted molar refractivity (Wildman–Crippen MR) is 96.4 cm³/mol. The zero-order chi connectivity index (χ0) is 20.4. The molecule has 0 bridgehead atoms. The van der Waals surface area contributed by atoms with Gasteiger partial charge in [0.05, 0.1) is 6.61 Å². The molecule has 0 fully saturated rings. The molecular formula is C19H24O8. The largest absolute Gasteiger partial charge is 0.499 e. The number of aliphatic hydroxyl groups excluding tert-OH is 3. The van der Waals surface area contributed by atoms with Gasteiger partial charge in [0.15, 0.2) is 18.5 Å². The molecule has 148 valence electrons. The SMILES string of the molecule is C=C/C(C)=C/C=C/C(C)=C/COC(=O)COC1=C(O)C(=O)OC1C(O)CO. The topological polar surface area (TPSA) is 123 Å². The van der Waals surface area contributed by atoms with Crippen molar-refractivity contribution < 1.29 is 39.1 Å². The summed E-state index contributed by atoms with van der Waals surface area (Å²) in [6, 6.07) is 0. The van der Waals surface area contributed by atoms with Crippen LogP contribution in [-0.2, 0) is 23.8 Å². The van der Waals surface area contributed by atoms with E-state index in [0.29, 0.717) is 0 Å². The fraction of sp³-hybridized carbons (Fsp3) is 0.368. The molecule has 1 aliphatic rings. The van der Waals surface area contributed by atoms with Crippen LogP contribution in [0.5, 0.6) is 0 Å². The lowest BCUT2D eigenvalue weighted by atomic mass is 10.2. The van der Waals surface area contributed by atoms with Crippen molar-refractivity contribution in [1.82, 2.24) is 0 Å². The number of esters is 2. The van der Waals surface area contributed by atoms with Crippen LogP contribution in [0.4, 0.5) is 0 Å². The molecule has 0 aromatic heterocycles. The first-order chi connectivity index (χ1) is 12.8. The van der Waals surface area contributed by atoms with Crippen LogP contribution in [0.1, 0.15) is 13.8 Å². The van der Waals surface area contributed by atoms with Crippen LogP contribution in [0.3, 0.4) is 0 Å². The summed E-state index contributed by atoms with van der Waals surface area (Å²) < 4.78 is 14.7. The lowest BCUT2D eigenvalue weighted by Crippen LogP contribution is -2.33. The van der Waals surface area contributed by atoms with E-state index in [2.05, 4.69) is 11.3 Å². The van der Waals surface area contributed by atoms with Crippen molar-refractivity contribution in [2.24, 2.45) is 0 Å². The van der Waals surface area contributed by atoms with Gasteiger partial charge in [0, 0.05) is 0 Å². The normalized spacial score (nSPS) is 19.3. The molecule has 2 atom stereocenters. The van der Waals surface area contributed by atoms with Gasteiger partial charge in [0.25, 0.3) is 0 Å². The average molecular weight is 380 g/mol. The zero-order valence-electron chi connectivity index (χ0n) is 15.3. The number of hydrogen-bond acceptors (Lipinski definition) is 8. The zero-order valence-corrected chi connectivity index (χ0v) is 15.3. The molecule has 0 aromatic carbocycles. The van der Waals surface area contributed by atoms with Crippen LogP contribution in [0.15, 0.2) is 59.6 Å². The second-order valence-corrected chi connectivity index (χ2v) is 5.68. The number of carbonyl (C=O) groups excluding carboxylic acids is 2. The Labute approximate surface area is 157 Å². The number of cyclic esters (lactones) is 1. The van der Waals surface area contributed by atoms with E-state index in [-0.39, 0.29) is 6.61 Å². The fourth-order valence-electron chi connectivity index (χ4n) is 1.89. The van der Waals surface area contributed by atoms with Gasteiger partial charge in [0.1, 0.15) is 12.7 Å². The second kappa shape index (κ2) is 11.0. The van der Waals surface area contributed by atoms with E-state index in [1.165, 1.54) is 0 Å². The highest BCUT2D eigenvalue weighted by atomic mass is 16.6. The molecule has 0 saturated heterocycles. The monoisotopic (exact) mass is 380 g/mol. The van der Waals surface area contributed by atoms with E-state index in [9.17, 15) is 19.8 Å². The third-order valence-electron chi connectivity index (χ3n) is 3.49.